The molecule has 7 rings (SSSR count). The van der Waals surface area contributed by atoms with Gasteiger partial charge in [0.25, 0.3) is 5.89 Å². The van der Waals surface area contributed by atoms with Gasteiger partial charge in [-0.05, 0) is 62.0 Å². The molecule has 0 aliphatic heterocycles. The summed E-state index contributed by atoms with van der Waals surface area (Å²) in [6.07, 6.45) is 10.3. The van der Waals surface area contributed by atoms with Crippen molar-refractivity contribution in [2.45, 2.75) is 43.7 Å². The fourth-order valence-corrected chi connectivity index (χ4v) is 5.98. The normalized spacial score (nSPS) is 35.3. The summed E-state index contributed by atoms with van der Waals surface area (Å²) in [4.78, 5) is 0. The molecule has 4 fully saturated rings. The summed E-state index contributed by atoms with van der Waals surface area (Å²) in [5, 5.41) is 27.1. The minimum Gasteiger partial charge on any atom is -0.423 e. The highest BCUT2D eigenvalue weighted by Gasteiger charge is 2.54. The molecule has 4 aliphatic rings. The molecule has 7 nitrogen and oxygen atoms in total. The summed E-state index contributed by atoms with van der Waals surface area (Å²) in [6.45, 7) is 0. The molecule has 3 aromatic rings. The molecule has 0 aromatic carbocycles. The standard InChI is InChI=1S/C19H21N5O2/c25-19-6-11-4-12(7-19)16(13(5-11)8-19)22-17-14(18-23-20-10-26-18)9-21-24-3-1-2-15(17)24/h1-3,9-13,16,22,25H,4-8H2/t11?,12-,13+,16?,19?. The molecule has 7 heteroatoms. The second-order valence-corrected chi connectivity index (χ2v) is 8.38. The number of aliphatic hydroxyl groups is 1. The minimum atomic E-state index is -0.424. The molecule has 4 bridgehead atoms. The Morgan fingerprint density at radius 1 is 1.23 bits per heavy atom. The minimum absolute atomic E-state index is 0.370. The highest BCUT2D eigenvalue weighted by molar-refractivity contribution is 5.85. The molecular formula is C19H21N5O2. The number of rotatable bonds is 3. The van der Waals surface area contributed by atoms with Crippen LogP contribution in [0.4, 0.5) is 5.69 Å². The molecule has 2 N–H and O–H groups in total. The third kappa shape index (κ3) is 2.06. The van der Waals surface area contributed by atoms with Gasteiger partial charge in [0.05, 0.1) is 28.6 Å². The SMILES string of the molecule is OC12CC3C[C@H](C1)C(Nc1c(-c4nnco4)cnn4cccc14)[C@@H](C3)C2. The summed E-state index contributed by atoms with van der Waals surface area (Å²) in [5.74, 6) is 2.21. The Labute approximate surface area is 150 Å². The number of aromatic nitrogens is 4. The van der Waals surface area contributed by atoms with Crippen LogP contribution in [0.5, 0.6) is 0 Å². The van der Waals surface area contributed by atoms with Crippen LogP contribution in [0, 0.1) is 17.8 Å². The Hall–Kier alpha value is -2.41. The summed E-state index contributed by atoms with van der Waals surface area (Å²) < 4.78 is 7.32. The van der Waals surface area contributed by atoms with Crippen LogP contribution in [-0.2, 0) is 0 Å². The van der Waals surface area contributed by atoms with Crippen LogP contribution in [0.1, 0.15) is 32.1 Å². The number of nitrogens with zero attached hydrogens (tertiary/aromatic N) is 4. The summed E-state index contributed by atoms with van der Waals surface area (Å²) >= 11 is 0. The van der Waals surface area contributed by atoms with E-state index in [1.807, 2.05) is 16.8 Å². The van der Waals surface area contributed by atoms with Crippen LogP contribution < -0.4 is 5.32 Å². The van der Waals surface area contributed by atoms with Crippen molar-refractivity contribution < 1.29 is 9.52 Å². The lowest BCUT2D eigenvalue weighted by molar-refractivity contribution is -0.129. The van der Waals surface area contributed by atoms with Crippen molar-refractivity contribution in [3.05, 3.63) is 30.9 Å². The van der Waals surface area contributed by atoms with Gasteiger partial charge in [0.15, 0.2) is 0 Å². The van der Waals surface area contributed by atoms with Gasteiger partial charge in [-0.2, -0.15) is 5.10 Å². The van der Waals surface area contributed by atoms with E-state index in [1.165, 1.54) is 19.2 Å². The first-order chi connectivity index (χ1) is 12.7. The predicted octanol–water partition coefficient (Wildman–Crippen LogP) is 2.74. The molecule has 0 spiro atoms. The monoisotopic (exact) mass is 351 g/mol. The van der Waals surface area contributed by atoms with Crippen molar-refractivity contribution in [3.63, 3.8) is 0 Å². The van der Waals surface area contributed by atoms with Crippen LogP contribution in [0.25, 0.3) is 17.0 Å². The smallest absolute Gasteiger partial charge is 0.251 e. The van der Waals surface area contributed by atoms with E-state index < -0.39 is 5.60 Å². The van der Waals surface area contributed by atoms with Crippen molar-refractivity contribution in [1.82, 2.24) is 19.8 Å². The topological polar surface area (TPSA) is 88.5 Å². The number of nitrogens with one attached hydrogen (secondary N) is 1. The van der Waals surface area contributed by atoms with E-state index >= 15 is 0 Å². The molecule has 0 amide bonds. The molecule has 5 atom stereocenters. The number of anilines is 1. The lowest BCUT2D eigenvalue weighted by atomic mass is 9.52. The van der Waals surface area contributed by atoms with Gasteiger partial charge in [-0.25, -0.2) is 4.52 Å². The van der Waals surface area contributed by atoms with E-state index in [1.54, 1.807) is 6.20 Å². The maximum Gasteiger partial charge on any atom is 0.251 e. The number of fused-ring (bicyclic) bond motifs is 1. The summed E-state index contributed by atoms with van der Waals surface area (Å²) in [7, 11) is 0. The first-order valence-electron chi connectivity index (χ1n) is 9.40. The van der Waals surface area contributed by atoms with Gasteiger partial charge in [-0.3, -0.25) is 0 Å². The van der Waals surface area contributed by atoms with Crippen molar-refractivity contribution in [2.75, 3.05) is 5.32 Å². The van der Waals surface area contributed by atoms with Crippen LogP contribution in [0.15, 0.2) is 35.3 Å². The van der Waals surface area contributed by atoms with Gasteiger partial charge in [0.2, 0.25) is 6.39 Å². The van der Waals surface area contributed by atoms with Gasteiger partial charge >= 0.3 is 0 Å². The lowest BCUT2D eigenvalue weighted by Crippen LogP contribution is -2.59. The van der Waals surface area contributed by atoms with E-state index in [4.69, 9.17) is 4.42 Å². The largest absolute Gasteiger partial charge is 0.423 e. The van der Waals surface area contributed by atoms with Gasteiger partial charge in [-0.15, -0.1) is 10.2 Å². The Kier molecular flexibility index (Phi) is 2.87. The van der Waals surface area contributed by atoms with E-state index in [0.717, 1.165) is 36.0 Å². The molecule has 0 saturated heterocycles. The highest BCUT2D eigenvalue weighted by atomic mass is 16.4. The van der Waals surface area contributed by atoms with Gasteiger partial charge < -0.3 is 14.8 Å². The molecule has 26 heavy (non-hydrogen) atoms. The van der Waals surface area contributed by atoms with Gasteiger partial charge in [0.1, 0.15) is 0 Å². The molecule has 0 radical (unpaired) electrons. The van der Waals surface area contributed by atoms with E-state index in [9.17, 15) is 5.11 Å². The molecule has 3 unspecified atom stereocenters. The molecule has 4 aliphatic carbocycles. The predicted molar refractivity (Wildman–Crippen MR) is 94.4 cm³/mol. The van der Waals surface area contributed by atoms with Crippen LogP contribution in [-0.4, -0.2) is 36.6 Å². The van der Waals surface area contributed by atoms with E-state index in [-0.39, 0.29) is 0 Å². The second kappa shape index (κ2) is 5.07. The highest BCUT2D eigenvalue weighted by Crippen LogP contribution is 2.56. The Morgan fingerprint density at radius 2 is 2.08 bits per heavy atom. The van der Waals surface area contributed by atoms with Crippen LogP contribution in [0.2, 0.25) is 0 Å². The fraction of sp³-hybridized carbons (Fsp3) is 0.526. The summed E-state index contributed by atoms with van der Waals surface area (Å²) in [5.41, 5.74) is 2.42. The molecule has 134 valence electrons. The van der Waals surface area contributed by atoms with Crippen molar-refractivity contribution in [3.8, 4) is 11.5 Å². The van der Waals surface area contributed by atoms with Gasteiger partial charge in [-0.1, -0.05) is 0 Å². The molecule has 3 heterocycles. The van der Waals surface area contributed by atoms with Crippen molar-refractivity contribution in [2.24, 2.45) is 17.8 Å². The van der Waals surface area contributed by atoms with Crippen LogP contribution in [0.3, 0.4) is 0 Å². The maximum absolute atomic E-state index is 10.9. The Morgan fingerprint density at radius 3 is 2.81 bits per heavy atom. The summed E-state index contributed by atoms with van der Waals surface area (Å²) in [6, 6.07) is 4.42. The third-order valence-electron chi connectivity index (χ3n) is 6.71. The molecule has 3 aromatic heterocycles. The first-order valence-corrected chi connectivity index (χ1v) is 9.40. The third-order valence-corrected chi connectivity index (χ3v) is 6.71. The number of hydrogen-bond acceptors (Lipinski definition) is 6. The quantitative estimate of drug-likeness (QED) is 0.754. The zero-order valence-electron chi connectivity index (χ0n) is 14.4. The molecular weight excluding hydrogens is 330 g/mol. The van der Waals surface area contributed by atoms with E-state index in [0.29, 0.717) is 29.7 Å². The zero-order chi connectivity index (χ0) is 17.3. The zero-order valence-corrected chi connectivity index (χ0v) is 14.4. The van der Waals surface area contributed by atoms with Crippen LogP contribution >= 0.6 is 0 Å². The maximum atomic E-state index is 10.9. The average molecular weight is 351 g/mol. The second-order valence-electron chi connectivity index (χ2n) is 8.38. The Bertz CT molecular complexity index is 950. The lowest BCUT2D eigenvalue weighted by Gasteiger charge is -2.58. The number of hydrogen-bond donors (Lipinski definition) is 2. The average Bonchev–Trinajstić information content (AvgIpc) is 3.27. The van der Waals surface area contributed by atoms with Crippen molar-refractivity contribution in [1.29, 1.82) is 0 Å². The van der Waals surface area contributed by atoms with E-state index in [2.05, 4.69) is 26.7 Å². The van der Waals surface area contributed by atoms with Crippen molar-refractivity contribution >= 4 is 11.2 Å². The van der Waals surface area contributed by atoms with Gasteiger partial charge in [0, 0.05) is 12.2 Å². The fourth-order valence-electron chi connectivity index (χ4n) is 5.98. The Balaban J connectivity index is 1.43. The first kappa shape index (κ1) is 14.7. The molecule has 4 saturated carbocycles.